The summed E-state index contributed by atoms with van der Waals surface area (Å²) in [4.78, 5) is 23.2. The van der Waals surface area contributed by atoms with Crippen LogP contribution in [0.5, 0.6) is 0 Å². The highest BCUT2D eigenvalue weighted by molar-refractivity contribution is 5.73. The Morgan fingerprint density at radius 1 is 1.36 bits per heavy atom. The van der Waals surface area contributed by atoms with E-state index < -0.39 is 0 Å². The van der Waals surface area contributed by atoms with Crippen molar-refractivity contribution in [2.24, 2.45) is 5.92 Å². The molecule has 1 atom stereocenters. The maximum Gasteiger partial charge on any atom is 0.310 e. The molecule has 1 fully saturated rings. The molecule has 134 valence electrons. The van der Waals surface area contributed by atoms with Crippen LogP contribution in [0.3, 0.4) is 0 Å². The number of rotatable bonds is 5. The van der Waals surface area contributed by atoms with Crippen LogP contribution in [-0.4, -0.2) is 45.8 Å². The van der Waals surface area contributed by atoms with Gasteiger partial charge in [0.15, 0.2) is 5.82 Å². The van der Waals surface area contributed by atoms with Gasteiger partial charge in [-0.25, -0.2) is 4.98 Å². The lowest BCUT2D eigenvalue weighted by atomic mass is 9.98. The van der Waals surface area contributed by atoms with Crippen LogP contribution < -0.4 is 10.2 Å². The van der Waals surface area contributed by atoms with Crippen LogP contribution in [-0.2, 0) is 9.53 Å². The Kier molecular flexibility index (Phi) is 5.16. The number of nitrogens with one attached hydrogen (secondary N) is 2. The van der Waals surface area contributed by atoms with Gasteiger partial charge in [0.1, 0.15) is 5.82 Å². The number of piperidine rings is 1. The highest BCUT2D eigenvalue weighted by atomic mass is 16.5. The molecule has 8 heteroatoms. The van der Waals surface area contributed by atoms with Gasteiger partial charge in [-0.05, 0) is 33.6 Å². The first kappa shape index (κ1) is 17.2. The average molecular weight is 344 g/mol. The zero-order valence-corrected chi connectivity index (χ0v) is 14.9. The molecule has 0 radical (unpaired) electrons. The second kappa shape index (κ2) is 7.50. The first-order chi connectivity index (χ1) is 12.0. The van der Waals surface area contributed by atoms with Gasteiger partial charge in [-0.2, -0.15) is 10.1 Å². The zero-order chi connectivity index (χ0) is 17.8. The monoisotopic (exact) mass is 344 g/mol. The van der Waals surface area contributed by atoms with Gasteiger partial charge >= 0.3 is 5.97 Å². The van der Waals surface area contributed by atoms with Gasteiger partial charge in [0.25, 0.3) is 0 Å². The van der Waals surface area contributed by atoms with Crippen molar-refractivity contribution in [2.45, 2.75) is 33.6 Å². The van der Waals surface area contributed by atoms with Gasteiger partial charge in [-0.3, -0.25) is 9.89 Å². The molecule has 2 aromatic heterocycles. The van der Waals surface area contributed by atoms with Gasteiger partial charge in [-0.15, -0.1) is 0 Å². The van der Waals surface area contributed by atoms with Crippen molar-refractivity contribution in [3.05, 3.63) is 23.5 Å². The van der Waals surface area contributed by atoms with E-state index in [0.717, 1.165) is 30.8 Å². The third-order valence-corrected chi connectivity index (χ3v) is 4.13. The summed E-state index contributed by atoms with van der Waals surface area (Å²) in [5, 5.41) is 10.2. The van der Waals surface area contributed by atoms with Crippen molar-refractivity contribution < 1.29 is 9.53 Å². The van der Waals surface area contributed by atoms with Crippen molar-refractivity contribution in [1.29, 1.82) is 0 Å². The second-order valence-electron chi connectivity index (χ2n) is 6.29. The minimum atomic E-state index is -0.134. The molecule has 0 aromatic carbocycles. The van der Waals surface area contributed by atoms with E-state index in [2.05, 4.69) is 30.4 Å². The van der Waals surface area contributed by atoms with E-state index in [-0.39, 0.29) is 11.9 Å². The molecule has 2 N–H and O–H groups in total. The molecule has 1 saturated heterocycles. The molecule has 0 saturated carbocycles. The number of carbonyl (C=O) groups excluding carboxylic acids is 1. The number of hydrogen-bond acceptors (Lipinski definition) is 7. The van der Waals surface area contributed by atoms with E-state index >= 15 is 0 Å². The SMILES string of the molecule is CCOC(=O)C1CCCN(c2nc(C)cc(Nc3cc(C)[nH]n3)n2)C1. The number of aryl methyl sites for hydroxylation is 2. The molecule has 2 aromatic rings. The maximum absolute atomic E-state index is 12.0. The lowest BCUT2D eigenvalue weighted by Gasteiger charge is -2.31. The van der Waals surface area contributed by atoms with E-state index in [4.69, 9.17) is 4.74 Å². The van der Waals surface area contributed by atoms with Gasteiger partial charge < -0.3 is 15.0 Å². The number of hydrogen-bond donors (Lipinski definition) is 2. The van der Waals surface area contributed by atoms with Gasteiger partial charge in [0, 0.05) is 36.6 Å². The van der Waals surface area contributed by atoms with Gasteiger partial charge in [0.2, 0.25) is 5.95 Å². The molecule has 0 spiro atoms. The van der Waals surface area contributed by atoms with E-state index in [1.54, 1.807) is 0 Å². The fraction of sp³-hybridized carbons (Fsp3) is 0.529. The van der Waals surface area contributed by atoms with E-state index in [9.17, 15) is 4.79 Å². The Hall–Kier alpha value is -2.64. The average Bonchev–Trinajstić information content (AvgIpc) is 2.99. The Bertz CT molecular complexity index is 744. The summed E-state index contributed by atoms with van der Waals surface area (Å²) >= 11 is 0. The lowest BCUT2D eigenvalue weighted by Crippen LogP contribution is -2.40. The third kappa shape index (κ3) is 4.26. The number of aromatic nitrogens is 4. The number of carbonyl (C=O) groups is 1. The first-order valence-electron chi connectivity index (χ1n) is 8.61. The predicted octanol–water partition coefficient (Wildman–Crippen LogP) is 2.34. The van der Waals surface area contributed by atoms with Crippen LogP contribution in [0.15, 0.2) is 12.1 Å². The molecule has 3 rings (SSSR count). The van der Waals surface area contributed by atoms with Crippen molar-refractivity contribution in [3.63, 3.8) is 0 Å². The number of nitrogens with zero attached hydrogens (tertiary/aromatic N) is 4. The molecule has 0 aliphatic carbocycles. The summed E-state index contributed by atoms with van der Waals surface area (Å²) in [7, 11) is 0. The Labute approximate surface area is 147 Å². The molecule has 1 aliphatic rings. The molecular formula is C17H24N6O2. The Balaban J connectivity index is 1.76. The summed E-state index contributed by atoms with van der Waals surface area (Å²) < 4.78 is 5.16. The number of ether oxygens (including phenoxy) is 1. The molecule has 25 heavy (non-hydrogen) atoms. The van der Waals surface area contributed by atoms with Crippen LogP contribution in [0.25, 0.3) is 0 Å². The summed E-state index contributed by atoms with van der Waals surface area (Å²) in [5.41, 5.74) is 1.83. The topological polar surface area (TPSA) is 96.0 Å². The van der Waals surface area contributed by atoms with Crippen LogP contribution in [0.4, 0.5) is 17.6 Å². The van der Waals surface area contributed by atoms with Crippen molar-refractivity contribution in [1.82, 2.24) is 20.2 Å². The molecule has 3 heterocycles. The number of H-pyrrole nitrogens is 1. The van der Waals surface area contributed by atoms with Gasteiger partial charge in [0.05, 0.1) is 12.5 Å². The molecule has 1 aliphatic heterocycles. The van der Waals surface area contributed by atoms with Crippen molar-refractivity contribution in [2.75, 3.05) is 29.9 Å². The smallest absolute Gasteiger partial charge is 0.310 e. The van der Waals surface area contributed by atoms with Gasteiger partial charge in [-0.1, -0.05) is 0 Å². The molecule has 0 amide bonds. The van der Waals surface area contributed by atoms with Crippen LogP contribution in [0.1, 0.15) is 31.2 Å². The van der Waals surface area contributed by atoms with Crippen LogP contribution in [0.2, 0.25) is 0 Å². The first-order valence-corrected chi connectivity index (χ1v) is 8.61. The number of esters is 1. The fourth-order valence-electron chi connectivity index (χ4n) is 2.98. The van der Waals surface area contributed by atoms with Crippen molar-refractivity contribution in [3.8, 4) is 0 Å². The van der Waals surface area contributed by atoms with Crippen LogP contribution in [0, 0.1) is 19.8 Å². The minimum absolute atomic E-state index is 0.122. The lowest BCUT2D eigenvalue weighted by molar-refractivity contribution is -0.148. The predicted molar refractivity (Wildman–Crippen MR) is 94.9 cm³/mol. The summed E-state index contributed by atoms with van der Waals surface area (Å²) in [5.74, 6) is 1.77. The van der Waals surface area contributed by atoms with E-state index in [1.165, 1.54) is 0 Å². The second-order valence-corrected chi connectivity index (χ2v) is 6.29. The summed E-state index contributed by atoms with van der Waals surface area (Å²) in [6.45, 7) is 7.53. The largest absolute Gasteiger partial charge is 0.466 e. The Morgan fingerprint density at radius 3 is 2.92 bits per heavy atom. The van der Waals surface area contributed by atoms with E-state index in [0.29, 0.717) is 30.7 Å². The molecule has 0 bridgehead atoms. The van der Waals surface area contributed by atoms with Crippen LogP contribution >= 0.6 is 0 Å². The number of aromatic amines is 1. The third-order valence-electron chi connectivity index (χ3n) is 4.13. The summed E-state index contributed by atoms with van der Waals surface area (Å²) in [6, 6.07) is 3.79. The van der Waals surface area contributed by atoms with E-state index in [1.807, 2.05) is 32.9 Å². The molecule has 1 unspecified atom stereocenters. The quantitative estimate of drug-likeness (QED) is 0.804. The molecule has 8 nitrogen and oxygen atoms in total. The summed E-state index contributed by atoms with van der Waals surface area (Å²) in [6.07, 6.45) is 1.76. The minimum Gasteiger partial charge on any atom is -0.466 e. The van der Waals surface area contributed by atoms with Crippen molar-refractivity contribution >= 4 is 23.6 Å². The standard InChI is InChI=1S/C17H24N6O2/c1-4-25-16(24)13-6-5-7-23(10-13)17-18-11(2)8-14(20-17)19-15-9-12(3)21-22-15/h8-9,13H,4-7,10H2,1-3H3,(H2,18,19,20,21,22). The normalized spacial score (nSPS) is 17.4. The zero-order valence-electron chi connectivity index (χ0n) is 14.9. The fourth-order valence-corrected chi connectivity index (χ4v) is 2.98. The highest BCUT2D eigenvalue weighted by Crippen LogP contribution is 2.24. The Morgan fingerprint density at radius 2 is 2.20 bits per heavy atom. The number of anilines is 3. The maximum atomic E-state index is 12.0. The highest BCUT2D eigenvalue weighted by Gasteiger charge is 2.28. The molecular weight excluding hydrogens is 320 g/mol.